The van der Waals surface area contributed by atoms with Gasteiger partial charge in [-0.05, 0) is 58.1 Å². The zero-order valence-electron chi connectivity index (χ0n) is 23.9. The van der Waals surface area contributed by atoms with Gasteiger partial charge in [-0.1, -0.05) is 133 Å². The lowest BCUT2D eigenvalue weighted by Crippen LogP contribution is -2.47. The van der Waals surface area contributed by atoms with E-state index in [2.05, 4.69) is 161 Å². The highest BCUT2D eigenvalue weighted by Gasteiger charge is 2.23. The number of aromatic nitrogens is 1. The number of nitrogens with one attached hydrogen (secondary N) is 2. The second-order valence-electron chi connectivity index (χ2n) is 11.0. The predicted molar refractivity (Wildman–Crippen MR) is 183 cm³/mol. The summed E-state index contributed by atoms with van der Waals surface area (Å²) < 4.78 is 2.32. The number of amidine groups is 1. The number of halogens is 1. The molecule has 0 amide bonds. The molecule has 8 rings (SSSR count). The van der Waals surface area contributed by atoms with Gasteiger partial charge >= 0.3 is 0 Å². The minimum absolute atomic E-state index is 0.302. The molecule has 2 N–H and O–H groups in total. The predicted octanol–water partition coefficient (Wildman–Crippen LogP) is 9.28. The van der Waals surface area contributed by atoms with E-state index in [1.807, 2.05) is 6.07 Å². The molecule has 1 aliphatic heterocycles. The van der Waals surface area contributed by atoms with E-state index < -0.39 is 5.62 Å². The molecule has 0 radical (unpaired) electrons. The van der Waals surface area contributed by atoms with Crippen LogP contribution in [0.4, 0.5) is 0 Å². The Morgan fingerprint density at radius 3 is 1.80 bits per heavy atom. The molecule has 6 aromatic carbocycles. The minimum atomic E-state index is -0.466. The Morgan fingerprint density at radius 1 is 0.523 bits per heavy atom. The van der Waals surface area contributed by atoms with Gasteiger partial charge in [0.2, 0.25) is 0 Å². The number of para-hydroxylation sites is 2. The molecule has 0 saturated carbocycles. The van der Waals surface area contributed by atoms with Crippen LogP contribution in [-0.2, 0) is 0 Å². The average molecular weight is 589 g/mol. The largest absolute Gasteiger partial charge is 0.342 e. The van der Waals surface area contributed by atoms with Gasteiger partial charge < -0.3 is 9.88 Å². The summed E-state index contributed by atoms with van der Waals surface area (Å²) in [4.78, 5) is 5.08. The fourth-order valence-electron chi connectivity index (χ4n) is 6.20. The number of aliphatic imine (C=N–C) groups is 1. The van der Waals surface area contributed by atoms with Crippen LogP contribution in [0.3, 0.4) is 0 Å². The molecule has 0 aliphatic carbocycles. The highest BCUT2D eigenvalue weighted by atomic mass is 35.5. The van der Waals surface area contributed by atoms with Crippen LogP contribution in [0.5, 0.6) is 0 Å². The van der Waals surface area contributed by atoms with Gasteiger partial charge in [0, 0.05) is 22.0 Å². The Hall–Kier alpha value is -5.16. The average Bonchev–Trinajstić information content (AvgIpc) is 3.43. The summed E-state index contributed by atoms with van der Waals surface area (Å²) in [5.74, 6) is 0.764. The second kappa shape index (κ2) is 11.2. The van der Waals surface area contributed by atoms with E-state index >= 15 is 0 Å². The van der Waals surface area contributed by atoms with Gasteiger partial charge in [-0.2, -0.15) is 0 Å². The molecule has 2 atom stereocenters. The molecule has 212 valence electrons. The van der Waals surface area contributed by atoms with Crippen molar-refractivity contribution < 1.29 is 0 Å². The summed E-state index contributed by atoms with van der Waals surface area (Å²) >= 11 is 6.70. The molecule has 4 nitrogen and oxygen atoms in total. The first-order valence-corrected chi connectivity index (χ1v) is 15.2. The number of nitrogens with zero attached hydrogens (tertiary/aromatic N) is 2. The standard InChI is InChI=1S/C39H29ClN4/c40-39-42-37(28-22-20-27(21-23-28)30-13-8-12-29(24-30)26-10-2-1-3-11-26)41-38(43-39)31-14-9-15-32(25-31)44-35-18-6-4-16-33(35)34-17-5-7-19-36(34)44/h1-25,38-39,43H,(H,41,42). The molecule has 1 aliphatic rings. The molecular weight excluding hydrogens is 560 g/mol. The number of benzene rings is 6. The molecule has 5 heteroatoms. The van der Waals surface area contributed by atoms with Crippen LogP contribution in [0, 0.1) is 0 Å². The quantitative estimate of drug-likeness (QED) is 0.155. The maximum absolute atomic E-state index is 6.70. The molecule has 44 heavy (non-hydrogen) atoms. The van der Waals surface area contributed by atoms with E-state index in [1.54, 1.807) is 0 Å². The van der Waals surface area contributed by atoms with Crippen LogP contribution in [0.25, 0.3) is 49.7 Å². The number of hydrogen-bond donors (Lipinski definition) is 2. The molecular formula is C39H29ClN4. The van der Waals surface area contributed by atoms with Crippen LogP contribution in [0.15, 0.2) is 157 Å². The van der Waals surface area contributed by atoms with Gasteiger partial charge in [0.05, 0.1) is 11.0 Å². The maximum atomic E-state index is 6.70. The van der Waals surface area contributed by atoms with Gasteiger partial charge in [-0.3, -0.25) is 5.32 Å². The smallest absolute Gasteiger partial charge is 0.158 e. The molecule has 0 fully saturated rings. The third kappa shape index (κ3) is 4.84. The Morgan fingerprint density at radius 2 is 1.09 bits per heavy atom. The van der Waals surface area contributed by atoms with Gasteiger partial charge in [0.25, 0.3) is 0 Å². The molecule has 1 aromatic heterocycles. The molecule has 0 bridgehead atoms. The number of fused-ring (bicyclic) bond motifs is 3. The van der Waals surface area contributed by atoms with Crippen molar-refractivity contribution in [2.24, 2.45) is 4.99 Å². The summed E-state index contributed by atoms with van der Waals surface area (Å²) in [5.41, 5.74) is 9.75. The van der Waals surface area contributed by atoms with Gasteiger partial charge in [-0.25, -0.2) is 4.99 Å². The Balaban J connectivity index is 1.12. The van der Waals surface area contributed by atoms with E-state index in [0.29, 0.717) is 0 Å². The fraction of sp³-hybridized carbons (Fsp3) is 0.0513. The van der Waals surface area contributed by atoms with Crippen molar-refractivity contribution in [2.45, 2.75) is 11.8 Å². The van der Waals surface area contributed by atoms with Crippen molar-refractivity contribution >= 4 is 39.2 Å². The maximum Gasteiger partial charge on any atom is 0.158 e. The number of alkyl halides is 1. The van der Waals surface area contributed by atoms with Crippen molar-refractivity contribution in [2.75, 3.05) is 0 Å². The van der Waals surface area contributed by atoms with Crippen molar-refractivity contribution in [3.05, 3.63) is 163 Å². The Kier molecular flexibility index (Phi) is 6.71. The second-order valence-corrected chi connectivity index (χ2v) is 11.5. The summed E-state index contributed by atoms with van der Waals surface area (Å²) in [6.45, 7) is 0. The first kappa shape index (κ1) is 26.5. The highest BCUT2D eigenvalue weighted by molar-refractivity contribution is 6.22. The van der Waals surface area contributed by atoms with Gasteiger partial charge in [-0.15, -0.1) is 0 Å². The summed E-state index contributed by atoms with van der Waals surface area (Å²) in [7, 11) is 0. The fourth-order valence-corrected chi connectivity index (χ4v) is 6.42. The Labute approximate surface area is 261 Å². The summed E-state index contributed by atoms with van der Waals surface area (Å²) in [6, 6.07) is 53.3. The first-order valence-electron chi connectivity index (χ1n) is 14.8. The zero-order valence-corrected chi connectivity index (χ0v) is 24.6. The van der Waals surface area contributed by atoms with Gasteiger partial charge in [0.15, 0.2) is 5.62 Å². The van der Waals surface area contributed by atoms with Crippen LogP contribution < -0.4 is 10.6 Å². The van der Waals surface area contributed by atoms with Crippen LogP contribution in [-0.4, -0.2) is 16.0 Å². The SMILES string of the molecule is ClC1NC(c2ccc(-c3cccc(-c4ccccc4)c3)cc2)=NC(c2cccc(-n3c4ccccc4c4ccccc43)c2)N1. The molecule has 2 unspecified atom stereocenters. The highest BCUT2D eigenvalue weighted by Crippen LogP contribution is 2.33. The van der Waals surface area contributed by atoms with Crippen molar-refractivity contribution in [1.82, 2.24) is 15.2 Å². The van der Waals surface area contributed by atoms with Crippen molar-refractivity contribution in [3.8, 4) is 27.9 Å². The van der Waals surface area contributed by atoms with E-state index in [9.17, 15) is 0 Å². The lowest BCUT2D eigenvalue weighted by Gasteiger charge is -2.28. The van der Waals surface area contributed by atoms with Crippen molar-refractivity contribution in [1.29, 1.82) is 0 Å². The summed E-state index contributed by atoms with van der Waals surface area (Å²) in [6.07, 6.45) is -0.302. The van der Waals surface area contributed by atoms with E-state index in [1.165, 1.54) is 38.5 Å². The monoisotopic (exact) mass is 588 g/mol. The lowest BCUT2D eigenvalue weighted by atomic mass is 9.98. The topological polar surface area (TPSA) is 41.4 Å². The molecule has 7 aromatic rings. The molecule has 2 heterocycles. The van der Waals surface area contributed by atoms with Crippen LogP contribution >= 0.6 is 11.6 Å². The Bertz CT molecular complexity index is 2090. The molecule has 0 saturated heterocycles. The van der Waals surface area contributed by atoms with Gasteiger partial charge in [0.1, 0.15) is 12.0 Å². The number of hydrogen-bond acceptors (Lipinski definition) is 3. The number of rotatable bonds is 5. The van der Waals surface area contributed by atoms with Crippen molar-refractivity contribution in [3.63, 3.8) is 0 Å². The van der Waals surface area contributed by atoms with E-state index in [4.69, 9.17) is 16.6 Å². The lowest BCUT2D eigenvalue weighted by molar-refractivity contribution is 0.483. The third-order valence-corrected chi connectivity index (χ3v) is 8.55. The zero-order chi connectivity index (χ0) is 29.5. The first-order chi connectivity index (χ1) is 21.7. The van der Waals surface area contributed by atoms with E-state index in [-0.39, 0.29) is 6.17 Å². The summed E-state index contributed by atoms with van der Waals surface area (Å²) in [5, 5.41) is 9.19. The normalized spacial score (nSPS) is 16.5. The van der Waals surface area contributed by atoms with Crippen LogP contribution in [0.2, 0.25) is 0 Å². The minimum Gasteiger partial charge on any atom is -0.342 e. The van der Waals surface area contributed by atoms with Crippen LogP contribution in [0.1, 0.15) is 17.3 Å². The third-order valence-electron chi connectivity index (χ3n) is 8.31. The van der Waals surface area contributed by atoms with E-state index in [0.717, 1.165) is 28.2 Å². The molecule has 0 spiro atoms.